The largest absolute Gasteiger partial charge is 0.495 e. The Morgan fingerprint density at radius 1 is 1.50 bits per heavy atom. The molecule has 2 N–H and O–H groups in total. The third kappa shape index (κ3) is 2.40. The first-order valence-corrected chi connectivity index (χ1v) is 5.44. The highest BCUT2D eigenvalue weighted by atomic mass is 35.5. The number of benzene rings is 1. The van der Waals surface area contributed by atoms with Crippen LogP contribution in [0.3, 0.4) is 0 Å². The number of methoxy groups -OCH3 is 1. The zero-order chi connectivity index (χ0) is 11.5. The van der Waals surface area contributed by atoms with Crippen LogP contribution in [0.2, 0.25) is 5.02 Å². The molecule has 16 heavy (non-hydrogen) atoms. The van der Waals surface area contributed by atoms with Crippen LogP contribution in [0.1, 0.15) is 0 Å². The summed E-state index contributed by atoms with van der Waals surface area (Å²) in [5, 5.41) is 13.4. The first-order chi connectivity index (χ1) is 7.70. The van der Waals surface area contributed by atoms with Gasteiger partial charge in [0, 0.05) is 5.02 Å². The van der Waals surface area contributed by atoms with Gasteiger partial charge in [0.15, 0.2) is 0 Å². The van der Waals surface area contributed by atoms with Crippen molar-refractivity contribution >= 4 is 17.3 Å². The van der Waals surface area contributed by atoms with Gasteiger partial charge in [-0.1, -0.05) is 11.6 Å². The summed E-state index contributed by atoms with van der Waals surface area (Å²) in [4.78, 5) is 0. The van der Waals surface area contributed by atoms with Crippen molar-refractivity contribution in [2.24, 2.45) is 0 Å². The molecule has 2 atom stereocenters. The fourth-order valence-corrected chi connectivity index (χ4v) is 1.85. The molecule has 1 aromatic carbocycles. The molecule has 88 valence electrons. The second-order valence-electron chi connectivity index (χ2n) is 3.70. The summed E-state index contributed by atoms with van der Waals surface area (Å²) < 4.78 is 10.4. The lowest BCUT2D eigenvalue weighted by Gasteiger charge is -2.18. The van der Waals surface area contributed by atoms with Crippen LogP contribution in [0, 0.1) is 0 Å². The number of rotatable bonds is 3. The summed E-state index contributed by atoms with van der Waals surface area (Å²) in [5.41, 5.74) is 0.768. The Hall–Kier alpha value is -0.970. The van der Waals surface area contributed by atoms with E-state index >= 15 is 0 Å². The summed E-state index contributed by atoms with van der Waals surface area (Å²) in [7, 11) is 1.59. The highest BCUT2D eigenvalue weighted by molar-refractivity contribution is 6.30. The number of halogens is 1. The summed E-state index contributed by atoms with van der Waals surface area (Å²) in [6.07, 6.45) is -0.497. The topological polar surface area (TPSA) is 50.7 Å². The molecule has 0 saturated carbocycles. The molecule has 1 fully saturated rings. The van der Waals surface area contributed by atoms with E-state index in [2.05, 4.69) is 5.32 Å². The zero-order valence-electron chi connectivity index (χ0n) is 8.94. The van der Waals surface area contributed by atoms with Crippen LogP contribution < -0.4 is 10.1 Å². The number of aliphatic hydroxyl groups excluding tert-OH is 1. The van der Waals surface area contributed by atoms with Crippen LogP contribution in [0.15, 0.2) is 18.2 Å². The molecule has 1 saturated heterocycles. The Morgan fingerprint density at radius 2 is 2.31 bits per heavy atom. The van der Waals surface area contributed by atoms with E-state index in [1.807, 2.05) is 0 Å². The van der Waals surface area contributed by atoms with Gasteiger partial charge in [-0.3, -0.25) is 0 Å². The number of nitrogens with one attached hydrogen (secondary N) is 1. The minimum atomic E-state index is -0.497. The first-order valence-electron chi connectivity index (χ1n) is 5.06. The van der Waals surface area contributed by atoms with Crippen molar-refractivity contribution < 1.29 is 14.6 Å². The zero-order valence-corrected chi connectivity index (χ0v) is 9.70. The van der Waals surface area contributed by atoms with Gasteiger partial charge in [0.1, 0.15) is 5.75 Å². The number of hydrogen-bond acceptors (Lipinski definition) is 4. The lowest BCUT2D eigenvalue weighted by molar-refractivity contribution is 0.125. The average Bonchev–Trinajstić information content (AvgIpc) is 2.65. The van der Waals surface area contributed by atoms with E-state index in [0.29, 0.717) is 24.0 Å². The van der Waals surface area contributed by atoms with Gasteiger partial charge in [-0.15, -0.1) is 0 Å². The number of ether oxygens (including phenoxy) is 2. The Kier molecular flexibility index (Phi) is 3.53. The highest BCUT2D eigenvalue weighted by Crippen LogP contribution is 2.29. The van der Waals surface area contributed by atoms with Gasteiger partial charge in [-0.2, -0.15) is 0 Å². The molecule has 0 unspecified atom stereocenters. The fraction of sp³-hybridized carbons (Fsp3) is 0.455. The van der Waals surface area contributed by atoms with Gasteiger partial charge in [-0.05, 0) is 18.2 Å². The predicted molar refractivity (Wildman–Crippen MR) is 62.2 cm³/mol. The quantitative estimate of drug-likeness (QED) is 0.845. The summed E-state index contributed by atoms with van der Waals surface area (Å²) in [6, 6.07) is 5.19. The van der Waals surface area contributed by atoms with Gasteiger partial charge in [-0.25, -0.2) is 0 Å². The molecule has 1 aliphatic heterocycles. The van der Waals surface area contributed by atoms with Gasteiger partial charge < -0.3 is 19.9 Å². The second-order valence-corrected chi connectivity index (χ2v) is 4.14. The molecule has 0 bridgehead atoms. The van der Waals surface area contributed by atoms with E-state index in [4.69, 9.17) is 21.1 Å². The lowest BCUT2D eigenvalue weighted by atomic mass is 10.2. The maximum atomic E-state index is 9.62. The molecule has 0 spiro atoms. The maximum absolute atomic E-state index is 9.62. The molecule has 0 radical (unpaired) electrons. The average molecular weight is 244 g/mol. The van der Waals surface area contributed by atoms with Crippen molar-refractivity contribution in [3.8, 4) is 5.75 Å². The van der Waals surface area contributed by atoms with Crippen molar-refractivity contribution in [2.45, 2.75) is 12.1 Å². The van der Waals surface area contributed by atoms with Gasteiger partial charge >= 0.3 is 0 Å². The van der Waals surface area contributed by atoms with E-state index in [-0.39, 0.29) is 6.04 Å². The molecule has 4 nitrogen and oxygen atoms in total. The van der Waals surface area contributed by atoms with Gasteiger partial charge in [0.25, 0.3) is 0 Å². The Balaban J connectivity index is 2.16. The third-order valence-electron chi connectivity index (χ3n) is 2.55. The van der Waals surface area contributed by atoms with Crippen molar-refractivity contribution in [1.29, 1.82) is 0 Å². The molecule has 0 aliphatic carbocycles. The van der Waals surface area contributed by atoms with E-state index in [0.717, 1.165) is 5.69 Å². The number of hydrogen-bond donors (Lipinski definition) is 2. The van der Waals surface area contributed by atoms with Gasteiger partial charge in [0.2, 0.25) is 0 Å². The maximum Gasteiger partial charge on any atom is 0.142 e. The molecule has 2 rings (SSSR count). The van der Waals surface area contributed by atoms with Crippen LogP contribution in [0.4, 0.5) is 5.69 Å². The third-order valence-corrected chi connectivity index (χ3v) is 2.79. The monoisotopic (exact) mass is 243 g/mol. The van der Waals surface area contributed by atoms with Crippen LogP contribution in [0.25, 0.3) is 0 Å². The van der Waals surface area contributed by atoms with E-state index in [9.17, 15) is 5.11 Å². The second kappa shape index (κ2) is 4.91. The SMILES string of the molecule is COc1ccc(Cl)cc1N[C@H]1COC[C@@H]1O. The minimum absolute atomic E-state index is 0.118. The van der Waals surface area contributed by atoms with Crippen LogP contribution in [-0.2, 0) is 4.74 Å². The first kappa shape index (κ1) is 11.5. The lowest BCUT2D eigenvalue weighted by Crippen LogP contribution is -2.31. The van der Waals surface area contributed by atoms with E-state index in [1.165, 1.54) is 0 Å². The predicted octanol–water partition coefficient (Wildman–Crippen LogP) is 1.52. The summed E-state index contributed by atoms with van der Waals surface area (Å²) >= 11 is 5.91. The normalized spacial score (nSPS) is 24.4. The molecule has 0 amide bonds. The standard InChI is InChI=1S/C11H14ClNO3/c1-15-11-3-2-7(12)4-8(11)13-9-5-16-6-10(9)14/h2-4,9-10,13-14H,5-6H2,1H3/t9-,10-/m0/s1. The van der Waals surface area contributed by atoms with Crippen LogP contribution in [-0.4, -0.2) is 37.6 Å². The van der Waals surface area contributed by atoms with Crippen molar-refractivity contribution in [2.75, 3.05) is 25.6 Å². The molecule has 1 aromatic rings. The van der Waals surface area contributed by atoms with Crippen LogP contribution in [0.5, 0.6) is 5.75 Å². The molecular weight excluding hydrogens is 230 g/mol. The van der Waals surface area contributed by atoms with Crippen molar-refractivity contribution in [3.05, 3.63) is 23.2 Å². The molecule has 5 heteroatoms. The molecule has 1 heterocycles. The summed E-state index contributed by atoms with van der Waals surface area (Å²) in [6.45, 7) is 0.845. The van der Waals surface area contributed by atoms with E-state index in [1.54, 1.807) is 25.3 Å². The van der Waals surface area contributed by atoms with E-state index < -0.39 is 6.10 Å². The smallest absolute Gasteiger partial charge is 0.142 e. The Bertz CT molecular complexity index is 372. The summed E-state index contributed by atoms with van der Waals surface area (Å²) in [5.74, 6) is 0.698. The number of anilines is 1. The molecular formula is C11H14ClNO3. The van der Waals surface area contributed by atoms with Crippen molar-refractivity contribution in [3.63, 3.8) is 0 Å². The Labute approximate surface area is 99.1 Å². The Morgan fingerprint density at radius 3 is 2.94 bits per heavy atom. The highest BCUT2D eigenvalue weighted by Gasteiger charge is 2.26. The van der Waals surface area contributed by atoms with Crippen LogP contribution >= 0.6 is 11.6 Å². The molecule has 1 aliphatic rings. The molecule has 0 aromatic heterocycles. The van der Waals surface area contributed by atoms with Crippen molar-refractivity contribution in [1.82, 2.24) is 0 Å². The number of aliphatic hydroxyl groups is 1. The van der Waals surface area contributed by atoms with Gasteiger partial charge in [0.05, 0.1) is 38.2 Å². The minimum Gasteiger partial charge on any atom is -0.495 e. The fourth-order valence-electron chi connectivity index (χ4n) is 1.67.